The predicted molar refractivity (Wildman–Crippen MR) is 107 cm³/mol. The molecule has 1 saturated carbocycles. The Labute approximate surface area is 164 Å². The highest BCUT2D eigenvalue weighted by Crippen LogP contribution is 2.38. The second-order valence-corrected chi connectivity index (χ2v) is 9.07. The highest BCUT2D eigenvalue weighted by atomic mass is 16.5. The van der Waals surface area contributed by atoms with Gasteiger partial charge in [-0.15, -0.1) is 0 Å². The molecule has 2 aliphatic heterocycles. The summed E-state index contributed by atoms with van der Waals surface area (Å²) in [4.78, 5) is 15.0. The number of nitrogens with zero attached hydrogens (tertiary/aromatic N) is 1. The van der Waals surface area contributed by atoms with Gasteiger partial charge in [-0.1, -0.05) is 33.1 Å². The van der Waals surface area contributed by atoms with Gasteiger partial charge in [0.2, 0.25) is 0 Å². The summed E-state index contributed by atoms with van der Waals surface area (Å²) in [5.41, 5.74) is 0.0302. The maximum atomic E-state index is 12.5. The third kappa shape index (κ3) is 6.33. The van der Waals surface area contributed by atoms with Crippen LogP contribution in [0.25, 0.3) is 0 Å². The number of amides is 2. The van der Waals surface area contributed by atoms with Crippen LogP contribution in [-0.2, 0) is 9.47 Å². The first-order valence-corrected chi connectivity index (χ1v) is 11.1. The van der Waals surface area contributed by atoms with Gasteiger partial charge in [0.1, 0.15) is 0 Å². The van der Waals surface area contributed by atoms with E-state index in [0.717, 1.165) is 65.0 Å². The first kappa shape index (κ1) is 20.9. The van der Waals surface area contributed by atoms with Crippen molar-refractivity contribution in [3.8, 4) is 0 Å². The van der Waals surface area contributed by atoms with Crippen LogP contribution in [0, 0.1) is 5.92 Å². The number of carbonyl (C=O) groups excluding carboxylic acids is 1. The minimum Gasteiger partial charge on any atom is -0.379 e. The Balaban J connectivity index is 1.45. The molecule has 0 bridgehead atoms. The maximum absolute atomic E-state index is 12.5. The lowest BCUT2D eigenvalue weighted by molar-refractivity contribution is -0.107. The third-order valence-corrected chi connectivity index (χ3v) is 6.40. The van der Waals surface area contributed by atoms with Crippen molar-refractivity contribution in [1.82, 2.24) is 15.5 Å². The van der Waals surface area contributed by atoms with Crippen molar-refractivity contribution in [3.63, 3.8) is 0 Å². The van der Waals surface area contributed by atoms with Crippen molar-refractivity contribution in [2.45, 2.75) is 82.9 Å². The van der Waals surface area contributed by atoms with Crippen molar-refractivity contribution in [2.75, 3.05) is 39.5 Å². The molecule has 2 atom stereocenters. The molecule has 2 heterocycles. The number of hydrogen-bond donors (Lipinski definition) is 2. The fourth-order valence-corrected chi connectivity index (χ4v) is 4.99. The van der Waals surface area contributed by atoms with Crippen LogP contribution >= 0.6 is 0 Å². The zero-order valence-corrected chi connectivity index (χ0v) is 17.3. The minimum atomic E-state index is -0.0186. The average Bonchev–Trinajstić information content (AvgIpc) is 2.66. The molecule has 6 nitrogen and oxygen atoms in total. The fraction of sp³-hybridized carbons (Fsp3) is 0.952. The van der Waals surface area contributed by atoms with Crippen LogP contribution in [0.15, 0.2) is 0 Å². The normalized spacial score (nSPS) is 27.4. The fourth-order valence-electron chi connectivity index (χ4n) is 4.99. The maximum Gasteiger partial charge on any atom is 0.315 e. The van der Waals surface area contributed by atoms with Gasteiger partial charge in [0.25, 0.3) is 0 Å². The zero-order chi connectivity index (χ0) is 19.1. The second-order valence-electron chi connectivity index (χ2n) is 9.07. The lowest BCUT2D eigenvalue weighted by atomic mass is 9.78. The Morgan fingerprint density at radius 3 is 2.59 bits per heavy atom. The molecule has 2 amide bonds. The van der Waals surface area contributed by atoms with Crippen LogP contribution in [0.4, 0.5) is 4.79 Å². The van der Waals surface area contributed by atoms with Crippen LogP contribution in [0.2, 0.25) is 0 Å². The molecule has 0 aromatic heterocycles. The van der Waals surface area contributed by atoms with Gasteiger partial charge in [-0.3, -0.25) is 4.90 Å². The van der Waals surface area contributed by atoms with Crippen LogP contribution in [-0.4, -0.2) is 68.1 Å². The van der Waals surface area contributed by atoms with Gasteiger partial charge in [-0.2, -0.15) is 0 Å². The topological polar surface area (TPSA) is 62.8 Å². The molecular weight excluding hydrogens is 342 g/mol. The molecular formula is C21H39N3O3. The molecule has 0 radical (unpaired) electrons. The third-order valence-electron chi connectivity index (χ3n) is 6.40. The molecule has 1 spiro atoms. The van der Waals surface area contributed by atoms with Crippen LogP contribution < -0.4 is 10.6 Å². The van der Waals surface area contributed by atoms with Crippen molar-refractivity contribution >= 4 is 6.03 Å². The number of rotatable bonds is 6. The van der Waals surface area contributed by atoms with E-state index in [9.17, 15) is 4.79 Å². The van der Waals surface area contributed by atoms with E-state index < -0.39 is 0 Å². The SMILES string of the molecule is CC(C)CC(CNC(=O)NC1CCOC2(CCCCC2)C1)N1CCOCC1. The number of ether oxygens (including phenoxy) is 2. The number of hydrogen-bond acceptors (Lipinski definition) is 4. The van der Waals surface area contributed by atoms with Crippen LogP contribution in [0.3, 0.4) is 0 Å². The summed E-state index contributed by atoms with van der Waals surface area (Å²) in [6.45, 7) is 9.49. The van der Waals surface area contributed by atoms with Gasteiger partial charge in [0.05, 0.1) is 18.8 Å². The quantitative estimate of drug-likeness (QED) is 0.743. The number of urea groups is 1. The summed E-state index contributed by atoms with van der Waals surface area (Å²) in [5, 5.41) is 6.38. The lowest BCUT2D eigenvalue weighted by Crippen LogP contribution is -2.54. The zero-order valence-electron chi connectivity index (χ0n) is 17.3. The van der Waals surface area contributed by atoms with Crippen molar-refractivity contribution < 1.29 is 14.3 Å². The highest BCUT2D eigenvalue weighted by Gasteiger charge is 2.38. The molecule has 2 saturated heterocycles. The first-order valence-electron chi connectivity index (χ1n) is 11.1. The first-order chi connectivity index (χ1) is 13.1. The Morgan fingerprint density at radius 2 is 1.89 bits per heavy atom. The summed E-state index contributed by atoms with van der Waals surface area (Å²) in [6, 6.07) is 0.609. The summed E-state index contributed by atoms with van der Waals surface area (Å²) in [7, 11) is 0. The molecule has 2 unspecified atom stereocenters. The van der Waals surface area contributed by atoms with E-state index >= 15 is 0 Å². The van der Waals surface area contributed by atoms with Crippen LogP contribution in [0.5, 0.6) is 0 Å². The van der Waals surface area contributed by atoms with Crippen molar-refractivity contribution in [3.05, 3.63) is 0 Å². The molecule has 27 heavy (non-hydrogen) atoms. The van der Waals surface area contributed by atoms with Gasteiger partial charge < -0.3 is 20.1 Å². The van der Waals surface area contributed by atoms with E-state index in [0.29, 0.717) is 18.5 Å². The van der Waals surface area contributed by atoms with Gasteiger partial charge in [0, 0.05) is 38.3 Å². The van der Waals surface area contributed by atoms with Crippen LogP contribution in [0.1, 0.15) is 65.2 Å². The summed E-state index contributed by atoms with van der Waals surface area (Å²) >= 11 is 0. The molecule has 3 aliphatic rings. The Hall–Kier alpha value is -0.850. The Morgan fingerprint density at radius 1 is 1.15 bits per heavy atom. The summed E-state index contributed by atoms with van der Waals surface area (Å²) in [6.07, 6.45) is 9.14. The van der Waals surface area contributed by atoms with Gasteiger partial charge in [-0.25, -0.2) is 4.79 Å². The summed E-state index contributed by atoms with van der Waals surface area (Å²) < 4.78 is 11.6. The van der Waals surface area contributed by atoms with Gasteiger partial charge >= 0.3 is 6.03 Å². The Bertz CT molecular complexity index is 454. The average molecular weight is 382 g/mol. The Kier molecular flexibility index (Phi) is 7.79. The number of nitrogens with one attached hydrogen (secondary N) is 2. The molecule has 0 aromatic rings. The van der Waals surface area contributed by atoms with E-state index in [1.165, 1.54) is 19.3 Å². The number of morpholine rings is 1. The van der Waals surface area contributed by atoms with E-state index in [1.54, 1.807) is 0 Å². The monoisotopic (exact) mass is 381 g/mol. The van der Waals surface area contributed by atoms with E-state index in [-0.39, 0.29) is 17.7 Å². The largest absolute Gasteiger partial charge is 0.379 e. The molecule has 3 rings (SSSR count). The second kappa shape index (κ2) is 10.1. The van der Waals surface area contributed by atoms with Crippen molar-refractivity contribution in [2.24, 2.45) is 5.92 Å². The van der Waals surface area contributed by atoms with E-state index in [1.807, 2.05) is 0 Å². The molecule has 6 heteroatoms. The minimum absolute atomic E-state index is 0.0186. The van der Waals surface area contributed by atoms with E-state index in [4.69, 9.17) is 9.47 Å². The highest BCUT2D eigenvalue weighted by molar-refractivity contribution is 5.74. The lowest BCUT2D eigenvalue weighted by Gasteiger charge is -2.43. The molecule has 3 fully saturated rings. The molecule has 2 N–H and O–H groups in total. The summed E-state index contributed by atoms with van der Waals surface area (Å²) in [5.74, 6) is 0.615. The van der Waals surface area contributed by atoms with E-state index in [2.05, 4.69) is 29.4 Å². The predicted octanol–water partition coefficient (Wildman–Crippen LogP) is 2.91. The van der Waals surface area contributed by atoms with Gasteiger partial charge in [-0.05, 0) is 38.0 Å². The standard InChI is InChI=1S/C21H39N3O3/c1-17(2)14-19(24-9-12-26-13-10-24)16-22-20(25)23-18-6-11-27-21(15-18)7-4-3-5-8-21/h17-19H,3-16H2,1-2H3,(H2,22,23,25). The van der Waals surface area contributed by atoms with Gasteiger partial charge in [0.15, 0.2) is 0 Å². The molecule has 156 valence electrons. The van der Waals surface area contributed by atoms with Crippen molar-refractivity contribution in [1.29, 1.82) is 0 Å². The molecule has 0 aromatic carbocycles. The smallest absolute Gasteiger partial charge is 0.315 e. The molecule has 1 aliphatic carbocycles. The number of carbonyl (C=O) groups is 1.